The van der Waals surface area contributed by atoms with E-state index >= 15 is 0 Å². The van der Waals surface area contributed by atoms with E-state index in [1.807, 2.05) is 4.68 Å². The predicted octanol–water partition coefficient (Wildman–Crippen LogP) is 0.788. The fourth-order valence-electron chi connectivity index (χ4n) is 2.55. The Labute approximate surface area is 118 Å². The first-order valence-corrected chi connectivity index (χ1v) is 7.21. The number of rotatable bonds is 4. The van der Waals surface area contributed by atoms with Crippen molar-refractivity contribution in [3.05, 3.63) is 11.8 Å². The molecular formula is C13H21N7. The number of hydrogen-bond donors (Lipinski definition) is 2. The molecule has 2 aromatic rings. The predicted molar refractivity (Wildman–Crippen MR) is 77.5 cm³/mol. The van der Waals surface area contributed by atoms with Crippen molar-refractivity contribution in [2.45, 2.75) is 39.3 Å². The molecule has 0 radical (unpaired) electrons. The third-order valence-electron chi connectivity index (χ3n) is 3.72. The van der Waals surface area contributed by atoms with Gasteiger partial charge >= 0.3 is 0 Å². The minimum atomic E-state index is 0.227. The highest BCUT2D eigenvalue weighted by Crippen LogP contribution is 2.21. The second-order valence-electron chi connectivity index (χ2n) is 5.17. The Morgan fingerprint density at radius 2 is 2.30 bits per heavy atom. The van der Waals surface area contributed by atoms with Gasteiger partial charge in [-0.05, 0) is 25.8 Å². The Bertz CT molecular complexity index is 585. The lowest BCUT2D eigenvalue weighted by Gasteiger charge is -2.11. The van der Waals surface area contributed by atoms with E-state index < -0.39 is 0 Å². The van der Waals surface area contributed by atoms with Gasteiger partial charge in [-0.3, -0.25) is 9.78 Å². The number of anilines is 1. The molecule has 0 saturated carbocycles. The molecule has 0 aliphatic carbocycles. The van der Waals surface area contributed by atoms with Crippen LogP contribution in [0.15, 0.2) is 6.07 Å². The highest BCUT2D eigenvalue weighted by atomic mass is 15.4. The third kappa shape index (κ3) is 2.29. The molecule has 0 bridgehead atoms. The molecule has 3 N–H and O–H groups in total. The Kier molecular flexibility index (Phi) is 3.43. The lowest BCUT2D eigenvalue weighted by molar-refractivity contribution is 0.652. The van der Waals surface area contributed by atoms with Gasteiger partial charge in [0, 0.05) is 25.7 Å². The number of nitrogens with two attached hydrogens (primary N) is 1. The number of aromatic nitrogens is 5. The quantitative estimate of drug-likeness (QED) is 0.861. The maximum absolute atomic E-state index is 5.93. The summed E-state index contributed by atoms with van der Waals surface area (Å²) in [4.78, 5) is 6.72. The summed E-state index contributed by atoms with van der Waals surface area (Å²) in [6.07, 6.45) is 1.92. The standard InChI is InChI=1S/C13H21N7/c1-3-10-7-11(20(4-2)18-10)12-15-13(17-16-12)19-6-5-9(14)8-19/h7,9H,3-6,8,14H2,1-2H3,(H,15,16,17). The fraction of sp³-hybridized carbons (Fsp3) is 0.615. The van der Waals surface area contributed by atoms with Crippen LogP contribution in [0.5, 0.6) is 0 Å². The summed E-state index contributed by atoms with van der Waals surface area (Å²) in [5, 5.41) is 11.9. The lowest BCUT2D eigenvalue weighted by Crippen LogP contribution is -2.26. The van der Waals surface area contributed by atoms with Gasteiger partial charge in [0.25, 0.3) is 0 Å². The molecule has 108 valence electrons. The minimum absolute atomic E-state index is 0.227. The fourth-order valence-corrected chi connectivity index (χ4v) is 2.55. The smallest absolute Gasteiger partial charge is 0.245 e. The largest absolute Gasteiger partial charge is 0.338 e. The van der Waals surface area contributed by atoms with Crippen LogP contribution in [0, 0.1) is 0 Å². The summed E-state index contributed by atoms with van der Waals surface area (Å²) in [7, 11) is 0. The van der Waals surface area contributed by atoms with Crippen LogP contribution in [0.2, 0.25) is 0 Å². The maximum Gasteiger partial charge on any atom is 0.245 e. The van der Waals surface area contributed by atoms with Crippen molar-refractivity contribution in [1.82, 2.24) is 25.0 Å². The van der Waals surface area contributed by atoms with Crippen LogP contribution >= 0.6 is 0 Å². The van der Waals surface area contributed by atoms with E-state index in [2.05, 4.69) is 45.1 Å². The number of aryl methyl sites for hydroxylation is 2. The summed E-state index contributed by atoms with van der Waals surface area (Å²) in [6.45, 7) is 6.74. The number of nitrogens with zero attached hydrogens (tertiary/aromatic N) is 5. The monoisotopic (exact) mass is 275 g/mol. The molecular weight excluding hydrogens is 254 g/mol. The van der Waals surface area contributed by atoms with Crippen LogP contribution in [0.25, 0.3) is 11.5 Å². The van der Waals surface area contributed by atoms with Gasteiger partial charge in [-0.2, -0.15) is 10.1 Å². The molecule has 0 spiro atoms. The van der Waals surface area contributed by atoms with Gasteiger partial charge < -0.3 is 10.6 Å². The van der Waals surface area contributed by atoms with Gasteiger partial charge in [-0.25, -0.2) is 0 Å². The van der Waals surface area contributed by atoms with E-state index in [9.17, 15) is 0 Å². The van der Waals surface area contributed by atoms with E-state index in [0.29, 0.717) is 0 Å². The summed E-state index contributed by atoms with van der Waals surface area (Å²) < 4.78 is 1.96. The normalized spacial score (nSPS) is 18.9. The summed E-state index contributed by atoms with van der Waals surface area (Å²) >= 11 is 0. The van der Waals surface area contributed by atoms with Gasteiger partial charge in [0.15, 0.2) is 5.82 Å². The third-order valence-corrected chi connectivity index (χ3v) is 3.72. The number of hydrogen-bond acceptors (Lipinski definition) is 5. The number of nitrogens with one attached hydrogen (secondary N) is 1. The van der Waals surface area contributed by atoms with Crippen molar-refractivity contribution >= 4 is 5.95 Å². The molecule has 2 aromatic heterocycles. The molecule has 1 aliphatic heterocycles. The average Bonchev–Trinajstić information content (AvgIpc) is 3.15. The van der Waals surface area contributed by atoms with Gasteiger partial charge in [-0.15, -0.1) is 5.10 Å². The first-order valence-electron chi connectivity index (χ1n) is 7.21. The molecule has 7 nitrogen and oxygen atoms in total. The van der Waals surface area contributed by atoms with Crippen LogP contribution in [-0.4, -0.2) is 44.1 Å². The van der Waals surface area contributed by atoms with E-state index in [4.69, 9.17) is 5.73 Å². The molecule has 1 atom stereocenters. The zero-order chi connectivity index (χ0) is 14.1. The van der Waals surface area contributed by atoms with Crippen LogP contribution in [0.4, 0.5) is 5.95 Å². The van der Waals surface area contributed by atoms with Crippen molar-refractivity contribution in [2.24, 2.45) is 5.73 Å². The van der Waals surface area contributed by atoms with Crippen molar-refractivity contribution in [1.29, 1.82) is 0 Å². The Hall–Kier alpha value is -1.89. The molecule has 1 fully saturated rings. The zero-order valence-electron chi connectivity index (χ0n) is 12.0. The topological polar surface area (TPSA) is 88.7 Å². The molecule has 0 amide bonds. The Morgan fingerprint density at radius 3 is 2.95 bits per heavy atom. The number of H-pyrrole nitrogens is 1. The van der Waals surface area contributed by atoms with Crippen LogP contribution in [-0.2, 0) is 13.0 Å². The molecule has 1 unspecified atom stereocenters. The van der Waals surface area contributed by atoms with Crippen molar-refractivity contribution < 1.29 is 0 Å². The van der Waals surface area contributed by atoms with E-state index in [1.165, 1.54) is 0 Å². The van der Waals surface area contributed by atoms with E-state index in [1.54, 1.807) is 0 Å². The van der Waals surface area contributed by atoms with Crippen LogP contribution in [0.3, 0.4) is 0 Å². The van der Waals surface area contributed by atoms with Gasteiger partial charge in [0.2, 0.25) is 5.95 Å². The van der Waals surface area contributed by atoms with Gasteiger partial charge in [-0.1, -0.05) is 6.92 Å². The first-order chi connectivity index (χ1) is 9.71. The van der Waals surface area contributed by atoms with Crippen molar-refractivity contribution in [3.8, 4) is 11.5 Å². The second-order valence-corrected chi connectivity index (χ2v) is 5.17. The highest BCUT2D eigenvalue weighted by molar-refractivity contribution is 5.52. The Morgan fingerprint density at radius 1 is 1.45 bits per heavy atom. The summed E-state index contributed by atoms with van der Waals surface area (Å²) in [6, 6.07) is 2.30. The van der Waals surface area contributed by atoms with E-state index in [-0.39, 0.29) is 6.04 Å². The SMILES string of the molecule is CCc1cc(-c2nc(N3CCC(N)C3)n[nH]2)n(CC)n1. The summed E-state index contributed by atoms with van der Waals surface area (Å²) in [5.41, 5.74) is 7.99. The number of aromatic amines is 1. The van der Waals surface area contributed by atoms with Crippen molar-refractivity contribution in [3.63, 3.8) is 0 Å². The average molecular weight is 275 g/mol. The van der Waals surface area contributed by atoms with Crippen molar-refractivity contribution in [2.75, 3.05) is 18.0 Å². The van der Waals surface area contributed by atoms with Gasteiger partial charge in [0.05, 0.1) is 5.69 Å². The summed E-state index contributed by atoms with van der Waals surface area (Å²) in [5.74, 6) is 1.50. The Balaban J connectivity index is 1.88. The molecule has 20 heavy (non-hydrogen) atoms. The first kappa shape index (κ1) is 13.1. The van der Waals surface area contributed by atoms with Crippen LogP contribution in [0.1, 0.15) is 26.0 Å². The highest BCUT2D eigenvalue weighted by Gasteiger charge is 2.23. The minimum Gasteiger partial charge on any atom is -0.338 e. The molecule has 3 rings (SSSR count). The second kappa shape index (κ2) is 5.24. The molecule has 0 aromatic carbocycles. The van der Waals surface area contributed by atoms with E-state index in [0.717, 1.165) is 55.6 Å². The van der Waals surface area contributed by atoms with Gasteiger partial charge in [0.1, 0.15) is 5.69 Å². The zero-order valence-corrected chi connectivity index (χ0v) is 12.0. The molecule has 1 saturated heterocycles. The molecule has 3 heterocycles. The lowest BCUT2D eigenvalue weighted by atomic mass is 10.3. The molecule has 1 aliphatic rings. The van der Waals surface area contributed by atoms with Crippen LogP contribution < -0.4 is 10.6 Å². The molecule has 7 heteroatoms. The maximum atomic E-state index is 5.93.